The number of imidazole rings is 2. The number of hydrogen-bond donors (Lipinski definition) is 2. The second-order valence-electron chi connectivity index (χ2n) is 16.2. The largest absolute Gasteiger partial charge is 0.340 e. The van der Waals surface area contributed by atoms with Crippen LogP contribution >= 0.6 is 27.0 Å². The Morgan fingerprint density at radius 1 is 0.519 bits per heavy atom. The first kappa shape index (κ1) is 38.5. The van der Waals surface area contributed by atoms with E-state index in [0.717, 1.165) is 94.7 Å². The fourth-order valence-corrected chi connectivity index (χ4v) is 9.80. The highest BCUT2D eigenvalue weighted by Gasteiger charge is 2.34. The first-order chi connectivity index (χ1) is 25.6. The third kappa shape index (κ3) is 7.97. The molecule has 0 unspecified atom stereocenters. The van der Waals surface area contributed by atoms with Crippen LogP contribution in [0.15, 0.2) is 60.7 Å². The normalized spacial score (nSPS) is 21.0. The third-order valence-electron chi connectivity index (χ3n) is 12.7. The molecule has 0 radical (unpaired) electrons. The van der Waals surface area contributed by atoms with Gasteiger partial charge in [0, 0.05) is 25.9 Å². The number of rotatable bonds is 8. The number of H-pyrrole nitrogens is 2. The number of hydrogen-bond acceptors (Lipinski definition) is 4. The number of likely N-dealkylation sites (tertiary alicyclic amines) is 2. The lowest BCUT2D eigenvalue weighted by Crippen LogP contribution is -2.32. The summed E-state index contributed by atoms with van der Waals surface area (Å²) in [4.78, 5) is 48.1. The Bertz CT molecular complexity index is 1920. The van der Waals surface area contributed by atoms with Crippen LogP contribution in [0, 0.1) is 11.8 Å². The molecule has 9 rings (SSSR count). The SMILES string of the molecule is O=C(CC1CCCCC1)N1CCC[C@H]1c1nc2ccc(-c3ccc(-c4ccc5nc([C@@H]6CCCN6C(=O)CC6CCCCC6)[nH]c5c4)cc3)cc2[nH]1.S.S. The van der Waals surface area contributed by atoms with Gasteiger partial charge < -0.3 is 19.8 Å². The Balaban J connectivity index is 0.00000225. The summed E-state index contributed by atoms with van der Waals surface area (Å²) in [7, 11) is 0. The molecule has 2 aliphatic heterocycles. The van der Waals surface area contributed by atoms with Gasteiger partial charge in [0.05, 0.1) is 34.2 Å². The van der Waals surface area contributed by atoms with Crippen LogP contribution in [0.3, 0.4) is 0 Å². The quantitative estimate of drug-likeness (QED) is 0.164. The van der Waals surface area contributed by atoms with Crippen molar-refractivity contribution >= 4 is 60.9 Å². The Morgan fingerprint density at radius 3 is 1.31 bits per heavy atom. The van der Waals surface area contributed by atoms with Crippen LogP contribution in [-0.2, 0) is 9.59 Å². The molecule has 4 aliphatic rings. The highest BCUT2D eigenvalue weighted by atomic mass is 32.1. The zero-order valence-corrected chi connectivity index (χ0v) is 33.4. The number of carbonyl (C=O) groups is 2. The van der Waals surface area contributed by atoms with Crippen molar-refractivity contribution in [2.24, 2.45) is 11.8 Å². The summed E-state index contributed by atoms with van der Waals surface area (Å²) in [6.07, 6.45) is 17.9. The first-order valence-corrected chi connectivity index (χ1v) is 20.2. The van der Waals surface area contributed by atoms with Crippen LogP contribution in [0.2, 0.25) is 0 Å². The van der Waals surface area contributed by atoms with Gasteiger partial charge in [-0.2, -0.15) is 27.0 Å². The van der Waals surface area contributed by atoms with Crippen LogP contribution in [-0.4, -0.2) is 54.6 Å². The van der Waals surface area contributed by atoms with Crippen LogP contribution in [0.5, 0.6) is 0 Å². The standard InChI is InChI=1S/C44H52N6O2.2H2S/c51-41(25-29-9-3-1-4-10-29)49-23-7-13-39(49)43-45-35-21-19-33(27-37(35)47-43)31-15-17-32(18-16-31)34-20-22-36-38(28-34)48-44(46-36)40-14-8-24-50(40)42(52)26-30-11-5-2-6-12-30;;/h15-22,27-30,39-40H,1-14,23-26H2,(H,45,47)(H,46,48);2*1H2/t39-,40-;;/m0../s1. The van der Waals surface area contributed by atoms with E-state index in [1.54, 1.807) is 0 Å². The van der Waals surface area contributed by atoms with Crippen molar-refractivity contribution in [3.8, 4) is 22.3 Å². The van der Waals surface area contributed by atoms with Gasteiger partial charge in [0.2, 0.25) is 11.8 Å². The number of nitrogens with zero attached hydrogens (tertiary/aromatic N) is 4. The molecule has 10 heteroatoms. The molecule has 54 heavy (non-hydrogen) atoms. The minimum Gasteiger partial charge on any atom is -0.340 e. The highest BCUT2D eigenvalue weighted by Crippen LogP contribution is 2.37. The molecule has 8 nitrogen and oxygen atoms in total. The van der Waals surface area contributed by atoms with Crippen molar-refractivity contribution in [3.63, 3.8) is 0 Å². The molecule has 4 fully saturated rings. The molecule has 0 bridgehead atoms. The average Bonchev–Trinajstić information content (AvgIpc) is 4.00. The molecule has 2 aromatic heterocycles. The fourth-order valence-electron chi connectivity index (χ4n) is 9.80. The summed E-state index contributed by atoms with van der Waals surface area (Å²) >= 11 is 0. The van der Waals surface area contributed by atoms with E-state index < -0.39 is 0 Å². The minimum absolute atomic E-state index is 0. The van der Waals surface area contributed by atoms with Crippen molar-refractivity contribution < 1.29 is 9.59 Å². The number of amides is 2. The second-order valence-corrected chi connectivity index (χ2v) is 16.2. The summed E-state index contributed by atoms with van der Waals surface area (Å²) < 4.78 is 0. The number of carbonyl (C=O) groups excluding carboxylic acids is 2. The summed E-state index contributed by atoms with van der Waals surface area (Å²) in [6.45, 7) is 1.67. The third-order valence-corrected chi connectivity index (χ3v) is 12.7. The molecule has 2 atom stereocenters. The summed E-state index contributed by atoms with van der Waals surface area (Å²) in [5, 5.41) is 0. The topological polar surface area (TPSA) is 98.0 Å². The number of aromatic nitrogens is 4. The zero-order valence-electron chi connectivity index (χ0n) is 31.4. The van der Waals surface area contributed by atoms with E-state index in [9.17, 15) is 9.59 Å². The van der Waals surface area contributed by atoms with E-state index in [1.165, 1.54) is 64.2 Å². The molecule has 0 spiro atoms. The van der Waals surface area contributed by atoms with Gasteiger partial charge in [-0.3, -0.25) is 9.59 Å². The number of benzene rings is 3. The van der Waals surface area contributed by atoms with E-state index in [4.69, 9.17) is 9.97 Å². The predicted molar refractivity (Wildman–Crippen MR) is 227 cm³/mol. The molecule has 2 aliphatic carbocycles. The van der Waals surface area contributed by atoms with Gasteiger partial charge in [-0.1, -0.05) is 74.9 Å². The zero-order chi connectivity index (χ0) is 35.0. The van der Waals surface area contributed by atoms with Crippen molar-refractivity contribution in [2.75, 3.05) is 13.1 Å². The smallest absolute Gasteiger partial charge is 0.223 e. The van der Waals surface area contributed by atoms with E-state index >= 15 is 0 Å². The maximum absolute atomic E-state index is 13.4. The molecule has 3 aromatic carbocycles. The van der Waals surface area contributed by atoms with Crippen molar-refractivity contribution in [2.45, 2.75) is 115 Å². The van der Waals surface area contributed by atoms with Gasteiger partial charge in [0.15, 0.2) is 0 Å². The molecule has 2 saturated heterocycles. The molecule has 4 heterocycles. The molecular weight excluding hydrogens is 709 g/mol. The van der Waals surface area contributed by atoms with Gasteiger partial charge in [-0.25, -0.2) is 9.97 Å². The van der Waals surface area contributed by atoms with E-state index in [-0.39, 0.29) is 39.1 Å². The summed E-state index contributed by atoms with van der Waals surface area (Å²) in [5.41, 5.74) is 8.50. The Kier molecular flexibility index (Phi) is 12.1. The molecule has 2 amide bonds. The molecule has 5 aromatic rings. The number of fused-ring (bicyclic) bond motifs is 2. The minimum atomic E-state index is 0. The van der Waals surface area contributed by atoms with Crippen molar-refractivity contribution in [3.05, 3.63) is 72.3 Å². The predicted octanol–water partition coefficient (Wildman–Crippen LogP) is 10.3. The first-order valence-electron chi connectivity index (χ1n) is 20.2. The highest BCUT2D eigenvalue weighted by molar-refractivity contribution is 7.59. The van der Waals surface area contributed by atoms with Gasteiger partial charge >= 0.3 is 0 Å². The van der Waals surface area contributed by atoms with E-state index in [0.29, 0.717) is 36.5 Å². The monoisotopic (exact) mass is 764 g/mol. The molecule has 2 N–H and O–H groups in total. The van der Waals surface area contributed by atoms with Crippen LogP contribution < -0.4 is 0 Å². The average molecular weight is 765 g/mol. The van der Waals surface area contributed by atoms with Crippen molar-refractivity contribution in [1.29, 1.82) is 0 Å². The van der Waals surface area contributed by atoms with Gasteiger partial charge in [-0.15, -0.1) is 0 Å². The van der Waals surface area contributed by atoms with Crippen molar-refractivity contribution in [1.82, 2.24) is 29.7 Å². The fraction of sp³-hybridized carbons (Fsp3) is 0.500. The molecular formula is C44H56N6O2S2. The molecule has 2 saturated carbocycles. The van der Waals surface area contributed by atoms with Crippen LogP contribution in [0.1, 0.15) is 126 Å². The van der Waals surface area contributed by atoms with Crippen LogP contribution in [0.25, 0.3) is 44.3 Å². The van der Waals surface area contributed by atoms with Gasteiger partial charge in [0.25, 0.3) is 0 Å². The second kappa shape index (κ2) is 16.9. The number of aromatic amines is 2. The number of nitrogens with one attached hydrogen (secondary N) is 2. The molecule has 286 valence electrons. The summed E-state index contributed by atoms with van der Waals surface area (Å²) in [6, 6.07) is 21.7. The van der Waals surface area contributed by atoms with Gasteiger partial charge in [-0.05, 0) is 110 Å². The maximum atomic E-state index is 13.4. The van der Waals surface area contributed by atoms with E-state index in [1.807, 2.05) is 0 Å². The van der Waals surface area contributed by atoms with E-state index in [2.05, 4.69) is 80.4 Å². The maximum Gasteiger partial charge on any atom is 0.223 e. The Labute approximate surface area is 333 Å². The van der Waals surface area contributed by atoms with Gasteiger partial charge in [0.1, 0.15) is 11.6 Å². The van der Waals surface area contributed by atoms with Crippen LogP contribution in [0.4, 0.5) is 0 Å². The Hall–Kier alpha value is -3.76. The Morgan fingerprint density at radius 2 is 0.907 bits per heavy atom. The lowest BCUT2D eigenvalue weighted by atomic mass is 9.86. The lowest BCUT2D eigenvalue weighted by molar-refractivity contribution is -0.134. The summed E-state index contributed by atoms with van der Waals surface area (Å²) in [5.74, 6) is 3.55. The lowest BCUT2D eigenvalue weighted by Gasteiger charge is -2.27.